The van der Waals surface area contributed by atoms with Crippen LogP contribution in [0.25, 0.3) is 0 Å². The second kappa shape index (κ2) is 12.5. The minimum absolute atomic E-state index is 0.209. The molecule has 238 valence electrons. The zero-order valence-electron chi connectivity index (χ0n) is 27.1. The van der Waals surface area contributed by atoms with Crippen LogP contribution in [0.1, 0.15) is 92.6 Å². The normalized spacial score (nSPS) is 21.5. The van der Waals surface area contributed by atoms with Gasteiger partial charge in [0.15, 0.2) is 0 Å². The maximum absolute atomic E-state index is 13.3. The first kappa shape index (κ1) is 32.0. The number of anilines is 1. The number of benzene rings is 2. The van der Waals surface area contributed by atoms with Crippen LogP contribution < -0.4 is 26.2 Å². The molecule has 3 atom stereocenters. The predicted octanol–water partition coefficient (Wildman–Crippen LogP) is 5.71. The van der Waals surface area contributed by atoms with Crippen LogP contribution >= 0.6 is 0 Å². The maximum atomic E-state index is 13.3. The largest absolute Gasteiger partial charge is 0.484 e. The zero-order chi connectivity index (χ0) is 32.5. The number of amides is 3. The predicted molar refractivity (Wildman–Crippen MR) is 176 cm³/mol. The Morgan fingerprint density at radius 1 is 1.04 bits per heavy atom. The fraction of sp³-hybridized carbons (Fsp3) is 0.429. The molecule has 0 bridgehead atoms. The first-order chi connectivity index (χ1) is 21.3. The fourth-order valence-corrected chi connectivity index (χ4v) is 6.31. The summed E-state index contributed by atoms with van der Waals surface area (Å²) in [5.41, 5.74) is 3.56. The molecule has 1 aliphatic carbocycles. The molecule has 1 saturated heterocycles. The lowest BCUT2D eigenvalue weighted by molar-refractivity contribution is 0.0963. The van der Waals surface area contributed by atoms with E-state index in [2.05, 4.69) is 48.5 Å². The molecule has 1 fully saturated rings. The number of carbonyl (C=O) groups excluding carboxylic acids is 2. The molecule has 5 rings (SSSR count). The van der Waals surface area contributed by atoms with Gasteiger partial charge in [-0.1, -0.05) is 45.0 Å². The van der Waals surface area contributed by atoms with Gasteiger partial charge < -0.3 is 20.7 Å². The lowest BCUT2D eigenvalue weighted by Crippen LogP contribution is -2.50. The second-order valence-electron chi connectivity index (χ2n) is 13.4. The molecule has 5 N–H and O–H groups in total. The number of carbonyl (C=O) groups is 2. The first-order valence-electron chi connectivity index (χ1n) is 15.6. The number of hydrogen-bond donors (Lipinski definition) is 5. The number of hydrogen-bond acceptors (Lipinski definition) is 6. The van der Waals surface area contributed by atoms with Crippen LogP contribution in [-0.4, -0.2) is 53.4 Å². The molecule has 1 aliphatic heterocycles. The lowest BCUT2D eigenvalue weighted by Gasteiger charge is -2.34. The van der Waals surface area contributed by atoms with Crippen molar-refractivity contribution in [2.24, 2.45) is 0 Å². The van der Waals surface area contributed by atoms with Crippen molar-refractivity contribution in [1.82, 2.24) is 20.1 Å². The molecule has 2 aliphatic rings. The SMILES string of the molecule is CNC(=O)c1cc(NC(=O)N[C@H]2CC[C@@H](Oc3ccc(=N)n(C(=N)[C@]4(C)CCCN4C)c3)c3ccccc32)cc(C(C)(C)C)c1. The summed E-state index contributed by atoms with van der Waals surface area (Å²) in [5, 5.41) is 26.2. The van der Waals surface area contributed by atoms with E-state index in [0.29, 0.717) is 35.7 Å². The van der Waals surface area contributed by atoms with E-state index in [1.165, 1.54) is 0 Å². The number of nitrogens with zero attached hydrogens (tertiary/aromatic N) is 2. The molecule has 10 heteroatoms. The van der Waals surface area contributed by atoms with Crippen LogP contribution in [-0.2, 0) is 5.41 Å². The van der Waals surface area contributed by atoms with Gasteiger partial charge in [-0.25, -0.2) is 4.79 Å². The fourth-order valence-electron chi connectivity index (χ4n) is 6.31. The van der Waals surface area contributed by atoms with E-state index in [9.17, 15) is 9.59 Å². The van der Waals surface area contributed by atoms with Gasteiger partial charge >= 0.3 is 6.03 Å². The summed E-state index contributed by atoms with van der Waals surface area (Å²) in [6.07, 6.45) is 4.73. The van der Waals surface area contributed by atoms with Gasteiger partial charge in [0.05, 0.1) is 17.8 Å². The zero-order valence-corrected chi connectivity index (χ0v) is 27.1. The number of rotatable bonds is 6. The first-order valence-corrected chi connectivity index (χ1v) is 15.6. The van der Waals surface area contributed by atoms with Crippen molar-refractivity contribution < 1.29 is 14.3 Å². The average molecular weight is 612 g/mol. The number of fused-ring (bicyclic) bond motifs is 1. The minimum atomic E-state index is -0.436. The molecule has 0 unspecified atom stereocenters. The molecule has 2 heterocycles. The Hall–Kier alpha value is -4.44. The summed E-state index contributed by atoms with van der Waals surface area (Å²) in [7, 11) is 3.62. The van der Waals surface area contributed by atoms with E-state index >= 15 is 0 Å². The third-order valence-electron chi connectivity index (χ3n) is 9.24. The van der Waals surface area contributed by atoms with Gasteiger partial charge in [-0.2, -0.15) is 0 Å². The Morgan fingerprint density at radius 2 is 1.78 bits per heavy atom. The van der Waals surface area contributed by atoms with Crippen molar-refractivity contribution in [3.63, 3.8) is 0 Å². The molecule has 10 nitrogen and oxygen atoms in total. The van der Waals surface area contributed by atoms with E-state index in [1.807, 2.05) is 43.4 Å². The van der Waals surface area contributed by atoms with Crippen LogP contribution in [0.3, 0.4) is 0 Å². The van der Waals surface area contributed by atoms with Crippen molar-refractivity contribution >= 4 is 23.5 Å². The van der Waals surface area contributed by atoms with Gasteiger partial charge in [-0.15, -0.1) is 0 Å². The van der Waals surface area contributed by atoms with E-state index < -0.39 is 5.54 Å². The minimum Gasteiger partial charge on any atom is -0.484 e. The molecular weight excluding hydrogens is 566 g/mol. The lowest BCUT2D eigenvalue weighted by atomic mass is 9.85. The second-order valence-corrected chi connectivity index (χ2v) is 13.4. The Morgan fingerprint density at radius 3 is 2.44 bits per heavy atom. The van der Waals surface area contributed by atoms with Crippen LogP contribution in [0, 0.1) is 10.8 Å². The van der Waals surface area contributed by atoms with E-state index in [-0.39, 0.29) is 35.0 Å². The molecular formula is C35H45N7O3. The summed E-state index contributed by atoms with van der Waals surface area (Å²) in [6, 6.07) is 16.3. The topological polar surface area (TPSA) is 135 Å². The standard InChI is InChI=1S/C35H45N7O3/c1-34(2,3)23-18-22(31(43)38-5)19-24(20-23)39-33(44)40-28-13-14-29(27-11-8-7-10-26(27)28)45-25-12-15-30(36)42(21-25)32(37)35(4)16-9-17-41(35)6/h7-8,10-12,15,18-21,28-29,36-37H,9,13-14,16-17H2,1-6H3,(H,38,43)(H2,39,40,44)/t28-,29+,35-/m0/s1. The van der Waals surface area contributed by atoms with Crippen LogP contribution in [0.5, 0.6) is 5.75 Å². The van der Waals surface area contributed by atoms with E-state index in [0.717, 1.165) is 36.1 Å². The van der Waals surface area contributed by atoms with Crippen LogP contribution in [0.15, 0.2) is 60.8 Å². The highest BCUT2D eigenvalue weighted by molar-refractivity contribution is 5.97. The van der Waals surface area contributed by atoms with Crippen molar-refractivity contribution in [2.75, 3.05) is 26.0 Å². The Bertz CT molecular complexity index is 1670. The third kappa shape index (κ3) is 6.66. The number of nitrogens with one attached hydrogen (secondary N) is 5. The number of aromatic nitrogens is 1. The number of urea groups is 1. The third-order valence-corrected chi connectivity index (χ3v) is 9.24. The Labute approximate surface area is 265 Å². The highest BCUT2D eigenvalue weighted by Crippen LogP contribution is 2.39. The smallest absolute Gasteiger partial charge is 0.319 e. The number of likely N-dealkylation sites (N-methyl/N-ethyl adjacent to an activating group) is 1. The molecule has 3 aromatic rings. The maximum Gasteiger partial charge on any atom is 0.319 e. The van der Waals surface area contributed by atoms with Crippen molar-refractivity contribution in [2.45, 2.75) is 76.5 Å². The summed E-state index contributed by atoms with van der Waals surface area (Å²) in [5.74, 6) is 0.749. The van der Waals surface area contributed by atoms with Gasteiger partial charge in [-0.05, 0) is 98.6 Å². The quantitative estimate of drug-likeness (QED) is 0.180. The van der Waals surface area contributed by atoms with Crippen molar-refractivity contribution in [3.8, 4) is 5.75 Å². The van der Waals surface area contributed by atoms with Crippen molar-refractivity contribution in [1.29, 1.82) is 10.8 Å². The average Bonchev–Trinajstić information content (AvgIpc) is 3.36. The molecule has 1 aromatic heterocycles. The van der Waals surface area contributed by atoms with Crippen LogP contribution in [0.4, 0.5) is 10.5 Å². The van der Waals surface area contributed by atoms with E-state index in [1.54, 1.807) is 36.0 Å². The van der Waals surface area contributed by atoms with Gasteiger partial charge in [0.2, 0.25) is 0 Å². The van der Waals surface area contributed by atoms with Gasteiger partial charge in [0.25, 0.3) is 5.91 Å². The number of ether oxygens (including phenoxy) is 1. The molecule has 3 amide bonds. The van der Waals surface area contributed by atoms with Gasteiger partial charge in [0.1, 0.15) is 23.2 Å². The summed E-state index contributed by atoms with van der Waals surface area (Å²) < 4.78 is 8.13. The summed E-state index contributed by atoms with van der Waals surface area (Å²) in [4.78, 5) is 27.9. The van der Waals surface area contributed by atoms with Crippen LogP contribution in [0.2, 0.25) is 0 Å². The number of pyridine rings is 1. The highest BCUT2D eigenvalue weighted by Gasteiger charge is 2.39. The summed E-state index contributed by atoms with van der Waals surface area (Å²) >= 11 is 0. The summed E-state index contributed by atoms with van der Waals surface area (Å²) in [6.45, 7) is 9.18. The number of likely N-dealkylation sites (tertiary alicyclic amines) is 1. The Kier molecular flexibility index (Phi) is 8.89. The Balaban J connectivity index is 1.33. The van der Waals surface area contributed by atoms with Crippen molar-refractivity contribution in [3.05, 3.63) is 88.5 Å². The monoisotopic (exact) mass is 611 g/mol. The molecule has 0 spiro atoms. The van der Waals surface area contributed by atoms with Gasteiger partial charge in [-0.3, -0.25) is 25.1 Å². The highest BCUT2D eigenvalue weighted by atomic mass is 16.5. The molecule has 0 saturated carbocycles. The molecule has 45 heavy (non-hydrogen) atoms. The van der Waals surface area contributed by atoms with Gasteiger partial charge in [0, 0.05) is 18.3 Å². The van der Waals surface area contributed by atoms with E-state index in [4.69, 9.17) is 15.6 Å². The molecule has 0 radical (unpaired) electrons. The molecule has 2 aromatic carbocycles.